The second kappa shape index (κ2) is 7.68. The Kier molecular flexibility index (Phi) is 5.06. The molecule has 2 aliphatic heterocycles. The summed E-state index contributed by atoms with van der Waals surface area (Å²) in [5.74, 6) is 1.77. The molecule has 2 aromatic rings. The molecule has 4 atom stereocenters. The SMILES string of the molecule is COc1ccc2cnn(CCC(C)N3C4CC[C@@H]3CC(OCC3CC3)C4)c2c1. The van der Waals surface area contributed by atoms with Crippen LogP contribution in [0.2, 0.25) is 0 Å². The fourth-order valence-electron chi connectivity index (χ4n) is 5.39. The first-order chi connectivity index (χ1) is 13.7. The van der Waals surface area contributed by atoms with Gasteiger partial charge in [-0.1, -0.05) is 0 Å². The van der Waals surface area contributed by atoms with Gasteiger partial charge in [-0.05, 0) is 69.9 Å². The van der Waals surface area contributed by atoms with E-state index in [0.29, 0.717) is 24.2 Å². The molecule has 5 rings (SSSR count). The molecule has 2 saturated heterocycles. The van der Waals surface area contributed by atoms with E-state index in [1.54, 1.807) is 7.11 Å². The molecule has 3 fully saturated rings. The van der Waals surface area contributed by atoms with Crippen LogP contribution in [-0.4, -0.2) is 52.6 Å². The van der Waals surface area contributed by atoms with Crippen LogP contribution in [0.15, 0.2) is 24.4 Å². The number of ether oxygens (including phenoxy) is 2. The molecular weight excluding hydrogens is 350 g/mol. The molecule has 3 heterocycles. The zero-order chi connectivity index (χ0) is 19.1. The molecule has 0 spiro atoms. The molecule has 2 bridgehead atoms. The van der Waals surface area contributed by atoms with Crippen molar-refractivity contribution in [3.8, 4) is 5.75 Å². The van der Waals surface area contributed by atoms with Crippen molar-refractivity contribution in [3.05, 3.63) is 24.4 Å². The van der Waals surface area contributed by atoms with Gasteiger partial charge in [0.1, 0.15) is 5.75 Å². The summed E-state index contributed by atoms with van der Waals surface area (Å²) in [7, 11) is 1.72. The molecule has 0 radical (unpaired) electrons. The van der Waals surface area contributed by atoms with Gasteiger partial charge in [-0.25, -0.2) is 0 Å². The highest BCUT2D eigenvalue weighted by atomic mass is 16.5. The first kappa shape index (κ1) is 18.4. The molecule has 152 valence electrons. The number of nitrogens with zero attached hydrogens (tertiary/aromatic N) is 3. The topological polar surface area (TPSA) is 39.5 Å². The summed E-state index contributed by atoms with van der Waals surface area (Å²) in [6.07, 6.45) is 11.5. The van der Waals surface area contributed by atoms with Gasteiger partial charge in [0.05, 0.1) is 24.9 Å². The maximum Gasteiger partial charge on any atom is 0.121 e. The number of hydrogen-bond acceptors (Lipinski definition) is 4. The third-order valence-electron chi connectivity index (χ3n) is 7.13. The van der Waals surface area contributed by atoms with Gasteiger partial charge in [0.25, 0.3) is 0 Å². The van der Waals surface area contributed by atoms with Crippen molar-refractivity contribution in [1.29, 1.82) is 0 Å². The number of aryl methyl sites for hydroxylation is 1. The summed E-state index contributed by atoms with van der Waals surface area (Å²) in [4.78, 5) is 2.81. The lowest BCUT2D eigenvalue weighted by Crippen LogP contribution is -2.50. The van der Waals surface area contributed by atoms with Gasteiger partial charge >= 0.3 is 0 Å². The highest BCUT2D eigenvalue weighted by Crippen LogP contribution is 2.40. The molecule has 0 N–H and O–H groups in total. The molecule has 0 amide bonds. The maximum absolute atomic E-state index is 6.25. The van der Waals surface area contributed by atoms with Gasteiger partial charge in [-0.2, -0.15) is 5.10 Å². The average Bonchev–Trinajstić information content (AvgIpc) is 3.40. The Morgan fingerprint density at radius 2 is 1.93 bits per heavy atom. The molecule has 3 unspecified atom stereocenters. The van der Waals surface area contributed by atoms with E-state index in [-0.39, 0.29) is 0 Å². The first-order valence-electron chi connectivity index (χ1n) is 11.1. The normalized spacial score (nSPS) is 28.7. The fourth-order valence-corrected chi connectivity index (χ4v) is 5.39. The number of rotatable bonds is 8. The summed E-state index contributed by atoms with van der Waals surface area (Å²) in [6, 6.07) is 8.21. The predicted molar refractivity (Wildman–Crippen MR) is 111 cm³/mol. The molecule has 3 aliphatic rings. The van der Waals surface area contributed by atoms with Gasteiger partial charge in [0.2, 0.25) is 0 Å². The van der Waals surface area contributed by atoms with E-state index in [1.165, 1.54) is 49.4 Å². The minimum atomic E-state index is 0.504. The standard InChI is InChI=1S/C23H33N3O2/c1-16(9-10-25-23-13-21(27-2)8-5-18(23)14-24-25)26-19-6-7-20(26)12-22(11-19)28-15-17-3-4-17/h5,8,13-14,16-17,19-20,22H,3-4,6-7,9-12,15H2,1-2H3/t16?,19-,20?,22?/m1/s1. The zero-order valence-corrected chi connectivity index (χ0v) is 17.2. The van der Waals surface area contributed by atoms with Crippen LogP contribution in [0.3, 0.4) is 0 Å². The number of methoxy groups -OCH3 is 1. The second-order valence-electron chi connectivity index (χ2n) is 9.13. The summed E-state index contributed by atoms with van der Waals surface area (Å²) in [5, 5.41) is 5.81. The van der Waals surface area contributed by atoms with Crippen LogP contribution in [-0.2, 0) is 11.3 Å². The monoisotopic (exact) mass is 383 g/mol. The van der Waals surface area contributed by atoms with Gasteiger partial charge in [-0.3, -0.25) is 9.58 Å². The van der Waals surface area contributed by atoms with Crippen molar-refractivity contribution in [2.24, 2.45) is 5.92 Å². The van der Waals surface area contributed by atoms with Crippen LogP contribution in [0, 0.1) is 5.92 Å². The highest BCUT2D eigenvalue weighted by Gasteiger charge is 2.43. The van der Waals surface area contributed by atoms with Crippen molar-refractivity contribution in [3.63, 3.8) is 0 Å². The van der Waals surface area contributed by atoms with Crippen molar-refractivity contribution in [2.45, 2.75) is 82.6 Å². The Bertz CT molecular complexity index is 801. The predicted octanol–water partition coefficient (Wildman–Crippen LogP) is 4.25. The molecule has 1 aromatic heterocycles. The van der Waals surface area contributed by atoms with Gasteiger partial charge < -0.3 is 9.47 Å². The Morgan fingerprint density at radius 3 is 2.64 bits per heavy atom. The lowest BCUT2D eigenvalue weighted by Gasteiger charge is -2.42. The summed E-state index contributed by atoms with van der Waals surface area (Å²) in [6.45, 7) is 4.37. The smallest absolute Gasteiger partial charge is 0.121 e. The number of aromatic nitrogens is 2. The van der Waals surface area contributed by atoms with Crippen LogP contribution in [0.4, 0.5) is 0 Å². The molecule has 5 heteroatoms. The maximum atomic E-state index is 6.25. The molecule has 1 saturated carbocycles. The summed E-state index contributed by atoms with van der Waals surface area (Å²) < 4.78 is 13.8. The van der Waals surface area contributed by atoms with Gasteiger partial charge in [-0.15, -0.1) is 0 Å². The largest absolute Gasteiger partial charge is 0.497 e. The van der Waals surface area contributed by atoms with E-state index in [4.69, 9.17) is 9.47 Å². The van der Waals surface area contributed by atoms with Crippen molar-refractivity contribution in [1.82, 2.24) is 14.7 Å². The second-order valence-corrected chi connectivity index (χ2v) is 9.13. The quantitative estimate of drug-likeness (QED) is 0.683. The van der Waals surface area contributed by atoms with Crippen molar-refractivity contribution < 1.29 is 9.47 Å². The van der Waals surface area contributed by atoms with E-state index in [2.05, 4.69) is 33.7 Å². The molecule has 28 heavy (non-hydrogen) atoms. The number of benzene rings is 1. The van der Waals surface area contributed by atoms with Crippen molar-refractivity contribution in [2.75, 3.05) is 13.7 Å². The van der Waals surface area contributed by atoms with E-state index >= 15 is 0 Å². The van der Waals surface area contributed by atoms with Crippen LogP contribution in [0.25, 0.3) is 10.9 Å². The molecular formula is C23H33N3O2. The third-order valence-corrected chi connectivity index (χ3v) is 7.13. The highest BCUT2D eigenvalue weighted by molar-refractivity contribution is 5.80. The number of hydrogen-bond donors (Lipinski definition) is 0. The van der Waals surface area contributed by atoms with E-state index < -0.39 is 0 Å². The zero-order valence-electron chi connectivity index (χ0n) is 17.2. The Hall–Kier alpha value is -1.59. The third kappa shape index (κ3) is 3.67. The molecule has 1 aromatic carbocycles. The van der Waals surface area contributed by atoms with Crippen LogP contribution < -0.4 is 4.74 Å². The molecule has 5 nitrogen and oxygen atoms in total. The van der Waals surface area contributed by atoms with Crippen LogP contribution in [0.5, 0.6) is 5.75 Å². The first-order valence-corrected chi connectivity index (χ1v) is 11.1. The lowest BCUT2D eigenvalue weighted by atomic mass is 9.97. The Morgan fingerprint density at radius 1 is 1.14 bits per heavy atom. The summed E-state index contributed by atoms with van der Waals surface area (Å²) in [5.41, 5.74) is 1.17. The Labute approximate surface area is 168 Å². The van der Waals surface area contributed by atoms with Crippen LogP contribution >= 0.6 is 0 Å². The van der Waals surface area contributed by atoms with Crippen LogP contribution in [0.1, 0.15) is 51.9 Å². The van der Waals surface area contributed by atoms with Gasteiger partial charge in [0.15, 0.2) is 0 Å². The minimum Gasteiger partial charge on any atom is -0.497 e. The minimum absolute atomic E-state index is 0.504. The number of fused-ring (bicyclic) bond motifs is 3. The average molecular weight is 384 g/mol. The Balaban J connectivity index is 1.20. The number of piperidine rings is 1. The molecule has 1 aliphatic carbocycles. The van der Waals surface area contributed by atoms with Gasteiger partial charge in [0, 0.05) is 42.7 Å². The fraction of sp³-hybridized carbons (Fsp3) is 0.696. The van der Waals surface area contributed by atoms with Crippen molar-refractivity contribution >= 4 is 10.9 Å². The van der Waals surface area contributed by atoms with E-state index in [9.17, 15) is 0 Å². The lowest BCUT2D eigenvalue weighted by molar-refractivity contribution is -0.0360. The van der Waals surface area contributed by atoms with E-state index in [1.807, 2.05) is 12.3 Å². The van der Waals surface area contributed by atoms with E-state index in [0.717, 1.165) is 31.2 Å². The summed E-state index contributed by atoms with van der Waals surface area (Å²) >= 11 is 0.